The number of aryl methyl sites for hydroxylation is 1. The largest absolute Gasteiger partial charge is 0.459 e. The summed E-state index contributed by atoms with van der Waals surface area (Å²) in [7, 11) is 0. The number of hydrogen-bond acceptors (Lipinski definition) is 6. The molecule has 2 N–H and O–H groups in total. The highest BCUT2D eigenvalue weighted by Gasteiger charge is 2.25. The van der Waals surface area contributed by atoms with Crippen molar-refractivity contribution in [1.29, 1.82) is 0 Å². The fourth-order valence-electron chi connectivity index (χ4n) is 2.82. The number of nitrogens with one attached hydrogen (secondary N) is 2. The van der Waals surface area contributed by atoms with Gasteiger partial charge >= 0.3 is 11.9 Å². The summed E-state index contributed by atoms with van der Waals surface area (Å²) in [5.41, 5.74) is 1.91. The predicted octanol–water partition coefficient (Wildman–Crippen LogP) is 3.19. The molecule has 0 aliphatic heterocycles. The van der Waals surface area contributed by atoms with Gasteiger partial charge in [-0.25, -0.2) is 9.59 Å². The number of para-hydroxylation sites is 1. The number of esters is 2. The van der Waals surface area contributed by atoms with E-state index in [9.17, 15) is 19.2 Å². The number of anilines is 1. The number of amides is 1. The third-order valence-corrected chi connectivity index (χ3v) is 4.10. The quantitative estimate of drug-likeness (QED) is 0.545. The maximum atomic E-state index is 12.4. The van der Waals surface area contributed by atoms with E-state index >= 15 is 0 Å². The Balaban J connectivity index is 2.05. The van der Waals surface area contributed by atoms with E-state index in [0.717, 1.165) is 0 Å². The molecule has 0 unspecified atom stereocenters. The van der Waals surface area contributed by atoms with Crippen molar-refractivity contribution in [3.63, 3.8) is 0 Å². The number of H-pyrrole nitrogens is 1. The zero-order valence-corrected chi connectivity index (χ0v) is 17.0. The summed E-state index contributed by atoms with van der Waals surface area (Å²) in [5, 5.41) is 2.55. The van der Waals surface area contributed by atoms with Crippen LogP contribution in [0.2, 0.25) is 0 Å². The summed E-state index contributed by atoms with van der Waals surface area (Å²) >= 11 is 0. The smallest absolute Gasteiger partial charge is 0.355 e. The van der Waals surface area contributed by atoms with E-state index < -0.39 is 24.5 Å². The van der Waals surface area contributed by atoms with Gasteiger partial charge in [0.05, 0.1) is 17.4 Å². The molecule has 0 bridgehead atoms. The van der Waals surface area contributed by atoms with E-state index in [2.05, 4.69) is 10.3 Å². The van der Waals surface area contributed by atoms with Crippen LogP contribution >= 0.6 is 0 Å². The fourth-order valence-corrected chi connectivity index (χ4v) is 2.82. The highest BCUT2D eigenvalue weighted by Crippen LogP contribution is 2.20. The highest BCUT2D eigenvalue weighted by molar-refractivity contribution is 6.04. The summed E-state index contributed by atoms with van der Waals surface area (Å²) in [4.78, 5) is 51.1. The molecule has 2 aromatic rings. The molecule has 0 aliphatic rings. The van der Waals surface area contributed by atoms with Crippen LogP contribution in [0.15, 0.2) is 24.3 Å². The van der Waals surface area contributed by atoms with Crippen molar-refractivity contribution in [2.24, 2.45) is 0 Å². The van der Waals surface area contributed by atoms with Gasteiger partial charge in [-0.3, -0.25) is 9.59 Å². The molecule has 1 aromatic heterocycles. The highest BCUT2D eigenvalue weighted by atomic mass is 16.5. The molecule has 8 nitrogen and oxygen atoms in total. The Morgan fingerprint density at radius 3 is 2.34 bits per heavy atom. The van der Waals surface area contributed by atoms with Gasteiger partial charge in [0, 0.05) is 11.3 Å². The fraction of sp³-hybridized carbons (Fsp3) is 0.333. The lowest BCUT2D eigenvalue weighted by Gasteiger charge is -2.09. The van der Waals surface area contributed by atoms with Crippen LogP contribution in [0.4, 0.5) is 5.69 Å². The van der Waals surface area contributed by atoms with E-state index in [0.29, 0.717) is 22.5 Å². The minimum Gasteiger partial charge on any atom is -0.459 e. The summed E-state index contributed by atoms with van der Waals surface area (Å²) in [6.07, 6.45) is -0.298. The number of aromatic nitrogens is 1. The van der Waals surface area contributed by atoms with Crippen LogP contribution in [-0.2, 0) is 14.3 Å². The second-order valence-electron chi connectivity index (χ2n) is 6.81. The Hall–Kier alpha value is -3.42. The molecule has 1 heterocycles. The Labute approximate surface area is 168 Å². The zero-order chi connectivity index (χ0) is 21.7. The molecule has 154 valence electrons. The number of hydrogen-bond donors (Lipinski definition) is 2. The SMILES string of the molecule is CC(=O)c1ccccc1NC(=O)COC(=O)c1[nH]c(C)c(C(=O)OC(C)C)c1C. The number of rotatable bonds is 7. The molecule has 0 spiro atoms. The van der Waals surface area contributed by atoms with Crippen molar-refractivity contribution in [2.75, 3.05) is 11.9 Å². The average molecular weight is 400 g/mol. The average Bonchev–Trinajstić information content (AvgIpc) is 2.93. The van der Waals surface area contributed by atoms with E-state index in [4.69, 9.17) is 9.47 Å². The van der Waals surface area contributed by atoms with E-state index in [1.165, 1.54) is 6.92 Å². The lowest BCUT2D eigenvalue weighted by atomic mass is 10.1. The molecule has 0 radical (unpaired) electrons. The zero-order valence-electron chi connectivity index (χ0n) is 17.0. The maximum absolute atomic E-state index is 12.4. The first-order valence-corrected chi connectivity index (χ1v) is 9.08. The number of benzene rings is 1. The van der Waals surface area contributed by atoms with E-state index in [1.54, 1.807) is 52.0 Å². The normalized spacial score (nSPS) is 10.6. The molecule has 0 fully saturated rings. The number of ketones is 1. The van der Waals surface area contributed by atoms with Gasteiger partial charge in [0.1, 0.15) is 5.69 Å². The van der Waals surface area contributed by atoms with Gasteiger partial charge in [0.2, 0.25) is 0 Å². The van der Waals surface area contributed by atoms with Crippen LogP contribution in [0.5, 0.6) is 0 Å². The summed E-state index contributed by atoms with van der Waals surface area (Å²) in [5.74, 6) is -2.10. The Morgan fingerprint density at radius 1 is 1.07 bits per heavy atom. The van der Waals surface area contributed by atoms with E-state index in [-0.39, 0.29) is 23.1 Å². The van der Waals surface area contributed by atoms with Crippen molar-refractivity contribution in [3.05, 3.63) is 52.3 Å². The third-order valence-electron chi connectivity index (χ3n) is 4.10. The van der Waals surface area contributed by atoms with Gasteiger partial charge in [-0.05, 0) is 52.3 Å². The summed E-state index contributed by atoms with van der Waals surface area (Å²) in [6, 6.07) is 6.54. The Kier molecular flexibility index (Phi) is 6.93. The second kappa shape index (κ2) is 9.18. The first kappa shape index (κ1) is 21.9. The van der Waals surface area contributed by atoms with Gasteiger partial charge < -0.3 is 19.8 Å². The minimum absolute atomic E-state index is 0.0788. The molecule has 29 heavy (non-hydrogen) atoms. The lowest BCUT2D eigenvalue weighted by Crippen LogP contribution is -2.22. The first-order valence-electron chi connectivity index (χ1n) is 9.08. The monoisotopic (exact) mass is 400 g/mol. The number of ether oxygens (including phenoxy) is 2. The van der Waals surface area contributed by atoms with Gasteiger partial charge in [0.25, 0.3) is 5.91 Å². The van der Waals surface area contributed by atoms with Gasteiger partial charge in [-0.2, -0.15) is 0 Å². The van der Waals surface area contributed by atoms with Crippen molar-refractivity contribution in [2.45, 2.75) is 40.7 Å². The molecule has 0 saturated heterocycles. The van der Waals surface area contributed by atoms with Crippen molar-refractivity contribution < 1.29 is 28.7 Å². The van der Waals surface area contributed by atoms with Crippen LogP contribution < -0.4 is 5.32 Å². The van der Waals surface area contributed by atoms with Crippen LogP contribution in [0.3, 0.4) is 0 Å². The molecule has 1 aromatic carbocycles. The number of carbonyl (C=O) groups excluding carboxylic acids is 4. The molecule has 2 rings (SSSR count). The van der Waals surface area contributed by atoms with Gasteiger partial charge in [-0.15, -0.1) is 0 Å². The van der Waals surface area contributed by atoms with E-state index in [1.807, 2.05) is 0 Å². The molecule has 8 heteroatoms. The Bertz CT molecular complexity index is 958. The lowest BCUT2D eigenvalue weighted by molar-refractivity contribution is -0.119. The van der Waals surface area contributed by atoms with Crippen LogP contribution in [0.25, 0.3) is 0 Å². The predicted molar refractivity (Wildman–Crippen MR) is 106 cm³/mol. The number of Topliss-reactive ketones (excluding diaryl/α,β-unsaturated/α-hetero) is 1. The van der Waals surface area contributed by atoms with Crippen molar-refractivity contribution >= 4 is 29.3 Å². The third kappa shape index (κ3) is 5.31. The van der Waals surface area contributed by atoms with Crippen molar-refractivity contribution in [3.8, 4) is 0 Å². The molecule has 0 saturated carbocycles. The van der Waals surface area contributed by atoms with Gasteiger partial charge in [0.15, 0.2) is 12.4 Å². The topological polar surface area (TPSA) is 115 Å². The molecule has 0 atom stereocenters. The van der Waals surface area contributed by atoms with Crippen LogP contribution in [0.1, 0.15) is 63.2 Å². The maximum Gasteiger partial charge on any atom is 0.355 e. The minimum atomic E-state index is -0.774. The van der Waals surface area contributed by atoms with Gasteiger partial charge in [-0.1, -0.05) is 12.1 Å². The standard InChI is InChI=1S/C21H24N2O6/c1-11(2)29-20(26)18-12(3)19(22-13(18)4)21(27)28-10-17(25)23-16-9-7-6-8-15(16)14(5)24/h6-9,11,22H,10H2,1-5H3,(H,23,25). The van der Waals surface area contributed by atoms with Crippen LogP contribution in [0, 0.1) is 13.8 Å². The summed E-state index contributed by atoms with van der Waals surface area (Å²) < 4.78 is 10.2. The molecule has 0 aliphatic carbocycles. The first-order chi connectivity index (χ1) is 13.6. The van der Waals surface area contributed by atoms with Crippen LogP contribution in [-0.4, -0.2) is 41.3 Å². The Morgan fingerprint density at radius 2 is 1.72 bits per heavy atom. The number of carbonyl (C=O) groups is 4. The summed E-state index contributed by atoms with van der Waals surface area (Å²) in [6.45, 7) is 7.55. The number of aromatic amines is 1. The molecular weight excluding hydrogens is 376 g/mol. The van der Waals surface area contributed by atoms with Crippen molar-refractivity contribution in [1.82, 2.24) is 4.98 Å². The molecule has 1 amide bonds. The molecular formula is C21H24N2O6. The second-order valence-corrected chi connectivity index (χ2v) is 6.81.